The molecule has 3 heterocycles. The van der Waals surface area contributed by atoms with Crippen molar-refractivity contribution in [3.63, 3.8) is 0 Å². The Kier molecular flexibility index (Phi) is 6.84. The van der Waals surface area contributed by atoms with Crippen LogP contribution in [0.4, 0.5) is 4.39 Å². The van der Waals surface area contributed by atoms with Gasteiger partial charge in [-0.1, -0.05) is 0 Å². The summed E-state index contributed by atoms with van der Waals surface area (Å²) in [6.45, 7) is 4.45. The highest BCUT2D eigenvalue weighted by Crippen LogP contribution is 2.54. The predicted molar refractivity (Wildman–Crippen MR) is 100 cm³/mol. The number of carbonyl (C=O) groups is 1. The fraction of sp³-hybridized carbons (Fsp3) is 0.706. The quantitative estimate of drug-likeness (QED) is 0.470. The molecule has 0 saturated carbocycles. The molecule has 0 aromatic carbocycles. The van der Waals surface area contributed by atoms with Crippen LogP contribution in [-0.4, -0.2) is 52.3 Å². The van der Waals surface area contributed by atoms with Gasteiger partial charge in [-0.3, -0.25) is 28.2 Å². The lowest BCUT2D eigenvalue weighted by Crippen LogP contribution is -2.34. The minimum Gasteiger partial charge on any atom is -0.435 e. The number of nitrogens with zero attached hydrogens (tertiary/aromatic N) is 1. The number of phosphoric ester groups is 1. The Bertz CT molecular complexity index is 986. The van der Waals surface area contributed by atoms with E-state index in [0.717, 1.165) is 4.57 Å². The van der Waals surface area contributed by atoms with Gasteiger partial charge in [-0.2, -0.15) is 4.39 Å². The van der Waals surface area contributed by atoms with Crippen LogP contribution in [-0.2, 0) is 32.4 Å². The number of aromatic amines is 1. The Morgan fingerprint density at radius 3 is 2.81 bits per heavy atom. The summed E-state index contributed by atoms with van der Waals surface area (Å²) in [4.78, 5) is 36.8. The SMILES string of the molecule is CC(C)(C)C(=O)OC1CCOP(=O)(OC[C@@H]2O[C@H](n3cc(F)c(=O)[nH]c3=O)C[C@H]2O)O1. The lowest BCUT2D eigenvalue weighted by molar-refractivity contribution is -0.182. The number of aliphatic hydroxyl groups excluding tert-OH is 1. The second kappa shape index (κ2) is 8.93. The van der Waals surface area contributed by atoms with E-state index in [1.54, 1.807) is 25.8 Å². The summed E-state index contributed by atoms with van der Waals surface area (Å²) in [5, 5.41) is 10.2. The highest BCUT2D eigenvalue weighted by Gasteiger charge is 2.42. The minimum absolute atomic E-state index is 0.0535. The van der Waals surface area contributed by atoms with E-state index in [1.165, 1.54) is 0 Å². The third-order valence-corrected chi connectivity index (χ3v) is 5.99. The van der Waals surface area contributed by atoms with E-state index in [2.05, 4.69) is 0 Å². The molecular formula is C17H24FN2O10P. The number of H-pyrrole nitrogens is 1. The highest BCUT2D eigenvalue weighted by atomic mass is 31.2. The van der Waals surface area contributed by atoms with Crippen molar-refractivity contribution in [2.75, 3.05) is 13.2 Å². The first-order chi connectivity index (χ1) is 14.4. The van der Waals surface area contributed by atoms with E-state index in [-0.39, 0.29) is 19.4 Å². The van der Waals surface area contributed by atoms with Crippen molar-refractivity contribution in [1.29, 1.82) is 0 Å². The number of hydrogen-bond acceptors (Lipinski definition) is 10. The van der Waals surface area contributed by atoms with Crippen molar-refractivity contribution < 1.29 is 41.9 Å². The molecule has 3 rings (SSSR count). The van der Waals surface area contributed by atoms with Gasteiger partial charge in [0.2, 0.25) is 12.1 Å². The fourth-order valence-electron chi connectivity index (χ4n) is 2.81. The molecule has 174 valence electrons. The van der Waals surface area contributed by atoms with E-state index in [4.69, 9.17) is 23.0 Å². The maximum atomic E-state index is 13.5. The predicted octanol–water partition coefficient (Wildman–Crippen LogP) is 0.801. The average molecular weight is 466 g/mol. The third kappa shape index (κ3) is 5.68. The van der Waals surface area contributed by atoms with Gasteiger partial charge in [0.25, 0.3) is 5.56 Å². The molecular weight excluding hydrogens is 442 g/mol. The Balaban J connectivity index is 1.60. The summed E-state index contributed by atoms with van der Waals surface area (Å²) >= 11 is 0. The maximum absolute atomic E-state index is 13.5. The molecule has 2 aliphatic rings. The lowest BCUT2D eigenvalue weighted by Gasteiger charge is -2.30. The molecule has 1 aromatic rings. The molecule has 2 N–H and O–H groups in total. The smallest absolute Gasteiger partial charge is 0.435 e. The number of ether oxygens (including phenoxy) is 2. The van der Waals surface area contributed by atoms with E-state index in [1.807, 2.05) is 0 Å². The van der Waals surface area contributed by atoms with Crippen LogP contribution < -0.4 is 11.2 Å². The van der Waals surface area contributed by atoms with Gasteiger partial charge < -0.3 is 14.6 Å². The van der Waals surface area contributed by atoms with Gasteiger partial charge in [0.15, 0.2) is 0 Å². The van der Waals surface area contributed by atoms with Crippen LogP contribution in [0.25, 0.3) is 0 Å². The molecule has 5 atom stereocenters. The Morgan fingerprint density at radius 1 is 1.42 bits per heavy atom. The van der Waals surface area contributed by atoms with Crippen molar-refractivity contribution in [3.05, 3.63) is 32.9 Å². The van der Waals surface area contributed by atoms with E-state index >= 15 is 0 Å². The monoisotopic (exact) mass is 466 g/mol. The molecule has 2 unspecified atom stereocenters. The number of carbonyl (C=O) groups excluding carboxylic acids is 1. The summed E-state index contributed by atoms with van der Waals surface area (Å²) in [5.41, 5.74) is -2.88. The second-order valence-corrected chi connectivity index (χ2v) is 9.75. The largest absolute Gasteiger partial charge is 0.478 e. The van der Waals surface area contributed by atoms with Gasteiger partial charge in [0.1, 0.15) is 12.3 Å². The Morgan fingerprint density at radius 2 is 2.13 bits per heavy atom. The summed E-state index contributed by atoms with van der Waals surface area (Å²) in [6, 6.07) is 0. The number of nitrogens with one attached hydrogen (secondary N) is 1. The molecule has 31 heavy (non-hydrogen) atoms. The van der Waals surface area contributed by atoms with Crippen LogP contribution in [0.2, 0.25) is 0 Å². The van der Waals surface area contributed by atoms with Crippen molar-refractivity contribution in [2.45, 2.75) is 58.3 Å². The number of aromatic nitrogens is 2. The topological polar surface area (TPSA) is 155 Å². The fourth-order valence-corrected chi connectivity index (χ4v) is 4.10. The Labute approximate surface area is 175 Å². The van der Waals surface area contributed by atoms with E-state index in [9.17, 15) is 28.4 Å². The van der Waals surface area contributed by atoms with Gasteiger partial charge in [-0.05, 0) is 20.8 Å². The van der Waals surface area contributed by atoms with Gasteiger partial charge in [0, 0.05) is 12.8 Å². The molecule has 2 saturated heterocycles. The number of halogens is 1. The van der Waals surface area contributed by atoms with Crippen LogP contribution in [0.15, 0.2) is 15.8 Å². The zero-order chi connectivity index (χ0) is 23.0. The average Bonchev–Trinajstić information content (AvgIpc) is 3.03. The first kappa shape index (κ1) is 23.8. The molecule has 2 aliphatic heterocycles. The van der Waals surface area contributed by atoms with Crippen molar-refractivity contribution in [1.82, 2.24) is 9.55 Å². The van der Waals surface area contributed by atoms with E-state index in [0.29, 0.717) is 6.20 Å². The van der Waals surface area contributed by atoms with Crippen LogP contribution >= 0.6 is 7.82 Å². The van der Waals surface area contributed by atoms with E-state index < -0.39 is 67.6 Å². The Hall–Kier alpha value is -1.89. The van der Waals surface area contributed by atoms with Crippen molar-refractivity contribution in [3.8, 4) is 0 Å². The summed E-state index contributed by atoms with van der Waals surface area (Å²) < 4.78 is 53.1. The molecule has 0 bridgehead atoms. The first-order valence-corrected chi connectivity index (χ1v) is 11.0. The molecule has 0 aliphatic carbocycles. The molecule has 2 fully saturated rings. The maximum Gasteiger partial charge on any atom is 0.478 e. The van der Waals surface area contributed by atoms with Gasteiger partial charge >= 0.3 is 19.5 Å². The zero-order valence-corrected chi connectivity index (χ0v) is 18.0. The van der Waals surface area contributed by atoms with Crippen molar-refractivity contribution in [2.24, 2.45) is 5.41 Å². The zero-order valence-electron chi connectivity index (χ0n) is 17.1. The molecule has 0 radical (unpaired) electrons. The van der Waals surface area contributed by atoms with Gasteiger partial charge in [0.05, 0.1) is 30.9 Å². The van der Waals surface area contributed by atoms with Gasteiger partial charge in [-0.25, -0.2) is 13.9 Å². The van der Waals surface area contributed by atoms with Gasteiger partial charge in [-0.15, -0.1) is 0 Å². The molecule has 12 nitrogen and oxygen atoms in total. The summed E-state index contributed by atoms with van der Waals surface area (Å²) in [6.07, 6.45) is -3.71. The highest BCUT2D eigenvalue weighted by molar-refractivity contribution is 7.48. The first-order valence-electron chi connectivity index (χ1n) is 9.51. The number of phosphoric acid groups is 1. The minimum atomic E-state index is -4.12. The van der Waals surface area contributed by atoms with Crippen LogP contribution in [0.3, 0.4) is 0 Å². The standard InChI is InChI=1S/C17H24FN2O10P/c1-17(2,3)15(23)29-13-4-5-26-31(25,30-13)27-8-11-10(21)6-12(28-11)20-7-9(18)14(22)19-16(20)24/h7,10-13,21H,4-6,8H2,1-3H3,(H,19,22,24)/t10-,11+,12+,13?,31?/m1/s1. The molecule has 14 heteroatoms. The van der Waals surface area contributed by atoms with Crippen LogP contribution in [0, 0.1) is 11.2 Å². The molecule has 1 aromatic heterocycles. The third-order valence-electron chi connectivity index (χ3n) is 4.54. The number of esters is 1. The second-order valence-electron chi connectivity index (χ2n) is 8.13. The number of hydrogen-bond donors (Lipinski definition) is 2. The van der Waals surface area contributed by atoms with Crippen molar-refractivity contribution >= 4 is 13.8 Å². The summed E-state index contributed by atoms with van der Waals surface area (Å²) in [7, 11) is -4.12. The van der Waals surface area contributed by atoms with Crippen LogP contribution in [0.1, 0.15) is 39.8 Å². The lowest BCUT2D eigenvalue weighted by atomic mass is 9.97. The normalized spacial score (nSPS) is 31.5. The molecule has 0 spiro atoms. The number of aliphatic hydroxyl groups is 1. The molecule has 0 amide bonds. The van der Waals surface area contributed by atoms with Crippen LogP contribution in [0.5, 0.6) is 0 Å². The summed E-state index contributed by atoms with van der Waals surface area (Å²) in [5.74, 6) is -1.75. The number of rotatable bonds is 5.